The highest BCUT2D eigenvalue weighted by Crippen LogP contribution is 2.18. The molecule has 0 saturated heterocycles. The van der Waals surface area contributed by atoms with Crippen LogP contribution in [0.5, 0.6) is 5.75 Å². The van der Waals surface area contributed by atoms with Crippen molar-refractivity contribution in [2.45, 2.75) is 0 Å². The van der Waals surface area contributed by atoms with Crippen molar-refractivity contribution in [3.8, 4) is 5.75 Å². The van der Waals surface area contributed by atoms with Crippen molar-refractivity contribution >= 4 is 11.8 Å². The number of carbonyl (C=O) groups excluding carboxylic acids is 1. The molecule has 0 unspecified atom stereocenters. The van der Waals surface area contributed by atoms with Crippen LogP contribution in [0.2, 0.25) is 0 Å². The van der Waals surface area contributed by atoms with Gasteiger partial charge in [-0.15, -0.1) is 0 Å². The lowest BCUT2D eigenvalue weighted by molar-refractivity contribution is -0.380. The Balaban J connectivity index is 2.12. The number of nitrogens with two attached hydrogens (primary N) is 1. The SMILES string of the molecule is COc1ccccc1C(=O)ON=C(N)c1cccc[nH+]1. The zero-order valence-corrected chi connectivity index (χ0v) is 10.9. The minimum atomic E-state index is -0.638. The molecule has 2 aromatic rings. The average molecular weight is 272 g/mol. The van der Waals surface area contributed by atoms with Crippen molar-refractivity contribution in [1.82, 2.24) is 0 Å². The number of hydrogen-bond donors (Lipinski definition) is 1. The summed E-state index contributed by atoms with van der Waals surface area (Å²) in [6.07, 6.45) is 1.69. The Kier molecular flexibility index (Phi) is 4.28. The number of pyridine rings is 1. The van der Waals surface area contributed by atoms with Crippen LogP contribution in [0.4, 0.5) is 0 Å². The van der Waals surface area contributed by atoms with Crippen LogP contribution >= 0.6 is 0 Å². The Morgan fingerprint density at radius 2 is 1.95 bits per heavy atom. The predicted octanol–water partition coefficient (Wildman–Crippen LogP) is 0.987. The minimum absolute atomic E-state index is 0.0776. The van der Waals surface area contributed by atoms with Gasteiger partial charge < -0.3 is 15.3 Å². The van der Waals surface area contributed by atoms with Crippen molar-refractivity contribution in [2.75, 3.05) is 7.11 Å². The van der Waals surface area contributed by atoms with Crippen LogP contribution in [0.15, 0.2) is 53.8 Å². The molecule has 0 bridgehead atoms. The Morgan fingerprint density at radius 3 is 2.65 bits per heavy atom. The van der Waals surface area contributed by atoms with E-state index in [1.54, 1.807) is 48.7 Å². The second kappa shape index (κ2) is 6.33. The molecule has 3 N–H and O–H groups in total. The van der Waals surface area contributed by atoms with Crippen molar-refractivity contribution in [3.05, 3.63) is 59.9 Å². The quantitative estimate of drug-likeness (QED) is 0.389. The molecule has 0 amide bonds. The van der Waals surface area contributed by atoms with E-state index in [-0.39, 0.29) is 11.4 Å². The molecule has 2 rings (SSSR count). The number of rotatable bonds is 4. The first-order valence-electron chi connectivity index (χ1n) is 5.87. The standard InChI is InChI=1S/C14H13N3O3/c1-19-12-8-3-2-6-10(12)14(18)20-17-13(15)11-7-4-5-9-16-11/h2-9H,1H3,(H2,15,17)/p+1. The van der Waals surface area contributed by atoms with E-state index in [2.05, 4.69) is 10.1 Å². The van der Waals surface area contributed by atoms with Crippen LogP contribution < -0.4 is 15.5 Å². The van der Waals surface area contributed by atoms with Crippen LogP contribution in [0.1, 0.15) is 16.1 Å². The molecule has 0 saturated carbocycles. The summed E-state index contributed by atoms with van der Waals surface area (Å²) >= 11 is 0. The fourth-order valence-electron chi connectivity index (χ4n) is 1.55. The monoisotopic (exact) mass is 272 g/mol. The largest absolute Gasteiger partial charge is 0.496 e. The fourth-order valence-corrected chi connectivity index (χ4v) is 1.55. The molecule has 20 heavy (non-hydrogen) atoms. The van der Waals surface area contributed by atoms with Crippen molar-refractivity contribution in [1.29, 1.82) is 0 Å². The number of amidine groups is 1. The number of oxime groups is 1. The summed E-state index contributed by atoms with van der Waals surface area (Å²) in [6.45, 7) is 0. The molecule has 6 nitrogen and oxygen atoms in total. The summed E-state index contributed by atoms with van der Waals surface area (Å²) in [5.74, 6) is -0.146. The number of nitrogens with one attached hydrogen (secondary N) is 1. The summed E-state index contributed by atoms with van der Waals surface area (Å²) in [6, 6.07) is 12.0. The molecule has 0 aliphatic heterocycles. The maximum Gasteiger partial charge on any atom is 0.369 e. The van der Waals surface area contributed by atoms with E-state index in [4.69, 9.17) is 15.3 Å². The van der Waals surface area contributed by atoms with Gasteiger partial charge in [-0.05, 0) is 18.2 Å². The van der Waals surface area contributed by atoms with E-state index in [9.17, 15) is 4.79 Å². The highest BCUT2D eigenvalue weighted by molar-refractivity contribution is 5.96. The second-order valence-electron chi connectivity index (χ2n) is 3.83. The van der Waals surface area contributed by atoms with Gasteiger partial charge in [-0.1, -0.05) is 17.3 Å². The number of hydrogen-bond acceptors (Lipinski definition) is 4. The zero-order valence-electron chi connectivity index (χ0n) is 10.9. The average Bonchev–Trinajstić information content (AvgIpc) is 2.53. The highest BCUT2D eigenvalue weighted by Gasteiger charge is 2.14. The maximum absolute atomic E-state index is 11.9. The molecular weight excluding hydrogens is 258 g/mol. The molecule has 1 aromatic heterocycles. The zero-order chi connectivity index (χ0) is 14.4. The van der Waals surface area contributed by atoms with Crippen LogP contribution in [0.25, 0.3) is 0 Å². The molecule has 0 atom stereocenters. The molecule has 1 heterocycles. The van der Waals surface area contributed by atoms with Gasteiger partial charge in [0, 0.05) is 12.1 Å². The number of aromatic nitrogens is 1. The lowest BCUT2D eigenvalue weighted by Gasteiger charge is -2.04. The Labute approximate surface area is 115 Å². The van der Waals surface area contributed by atoms with Gasteiger partial charge in [-0.25, -0.2) is 9.78 Å². The van der Waals surface area contributed by atoms with Crippen molar-refractivity contribution < 1.29 is 19.4 Å². The van der Waals surface area contributed by atoms with Gasteiger partial charge in [-0.2, -0.15) is 0 Å². The predicted molar refractivity (Wildman–Crippen MR) is 72.1 cm³/mol. The first kappa shape index (κ1) is 13.5. The molecule has 0 aliphatic rings. The Morgan fingerprint density at radius 1 is 1.20 bits per heavy atom. The number of benzene rings is 1. The van der Waals surface area contributed by atoms with E-state index in [0.29, 0.717) is 11.4 Å². The Bertz CT molecular complexity index is 627. The van der Waals surface area contributed by atoms with Crippen molar-refractivity contribution in [2.24, 2.45) is 10.9 Å². The van der Waals surface area contributed by atoms with Gasteiger partial charge in [0.1, 0.15) is 11.3 Å². The summed E-state index contributed by atoms with van der Waals surface area (Å²) in [5, 5.41) is 3.60. The van der Waals surface area contributed by atoms with Gasteiger partial charge in [0.25, 0.3) is 0 Å². The smallest absolute Gasteiger partial charge is 0.369 e. The molecule has 102 valence electrons. The lowest BCUT2D eigenvalue weighted by atomic mass is 10.2. The number of aromatic amines is 1. The summed E-state index contributed by atoms with van der Waals surface area (Å²) in [5.41, 5.74) is 6.54. The number of ether oxygens (including phenoxy) is 1. The molecule has 6 heteroatoms. The number of methoxy groups -OCH3 is 1. The summed E-state index contributed by atoms with van der Waals surface area (Å²) in [4.78, 5) is 19.6. The fraction of sp³-hybridized carbons (Fsp3) is 0.0714. The summed E-state index contributed by atoms with van der Waals surface area (Å²) < 4.78 is 5.07. The molecule has 0 aliphatic carbocycles. The minimum Gasteiger partial charge on any atom is -0.496 e. The van der Waals surface area contributed by atoms with Gasteiger partial charge in [0.05, 0.1) is 7.11 Å². The second-order valence-corrected chi connectivity index (χ2v) is 3.83. The third-order valence-corrected chi connectivity index (χ3v) is 2.54. The van der Waals surface area contributed by atoms with Crippen LogP contribution in [0, 0.1) is 0 Å². The number of carbonyl (C=O) groups is 1. The molecule has 0 fully saturated rings. The van der Waals surface area contributed by atoms with Gasteiger partial charge >= 0.3 is 5.97 Å². The van der Waals surface area contributed by atoms with Crippen LogP contribution in [0.3, 0.4) is 0 Å². The third-order valence-electron chi connectivity index (χ3n) is 2.54. The number of nitrogens with zero attached hydrogens (tertiary/aromatic N) is 1. The van der Waals surface area contributed by atoms with E-state index >= 15 is 0 Å². The topological polar surface area (TPSA) is 88.0 Å². The normalized spacial score (nSPS) is 10.9. The first-order chi connectivity index (χ1) is 9.72. The highest BCUT2D eigenvalue weighted by atomic mass is 16.7. The van der Waals surface area contributed by atoms with Gasteiger partial charge in [0.15, 0.2) is 6.20 Å². The van der Waals surface area contributed by atoms with Crippen LogP contribution in [-0.4, -0.2) is 18.9 Å². The van der Waals surface area contributed by atoms with Gasteiger partial charge in [0.2, 0.25) is 11.5 Å². The van der Waals surface area contributed by atoms with E-state index in [1.165, 1.54) is 7.11 Å². The maximum atomic E-state index is 11.9. The van der Waals surface area contributed by atoms with Crippen molar-refractivity contribution in [3.63, 3.8) is 0 Å². The lowest BCUT2D eigenvalue weighted by Crippen LogP contribution is -2.24. The van der Waals surface area contributed by atoms with E-state index < -0.39 is 5.97 Å². The molecular formula is C14H14N3O3+. The molecule has 1 aromatic carbocycles. The molecule has 0 spiro atoms. The molecule has 0 radical (unpaired) electrons. The van der Waals surface area contributed by atoms with Gasteiger partial charge in [-0.3, -0.25) is 0 Å². The van der Waals surface area contributed by atoms with E-state index in [1.807, 2.05) is 0 Å². The first-order valence-corrected chi connectivity index (χ1v) is 5.87. The number of para-hydroxylation sites is 1. The van der Waals surface area contributed by atoms with E-state index in [0.717, 1.165) is 0 Å². The summed E-state index contributed by atoms with van der Waals surface area (Å²) in [7, 11) is 1.47. The van der Waals surface area contributed by atoms with Crippen LogP contribution in [-0.2, 0) is 4.84 Å². The number of H-pyrrole nitrogens is 1. The third kappa shape index (κ3) is 3.11. The Hall–Kier alpha value is -2.89.